The highest BCUT2D eigenvalue weighted by molar-refractivity contribution is 9.10. The van der Waals surface area contributed by atoms with Gasteiger partial charge in [0.1, 0.15) is 0 Å². The number of thiophene rings is 1. The van der Waals surface area contributed by atoms with Crippen molar-refractivity contribution in [3.63, 3.8) is 0 Å². The Kier molecular flexibility index (Phi) is 4.79. The van der Waals surface area contributed by atoms with E-state index in [0.29, 0.717) is 5.56 Å². The Morgan fingerprint density at radius 1 is 1.15 bits per heavy atom. The molecule has 0 fully saturated rings. The van der Waals surface area contributed by atoms with Crippen molar-refractivity contribution in [2.24, 2.45) is 0 Å². The molecule has 1 amide bonds. The first-order chi connectivity index (χ1) is 12.6. The lowest BCUT2D eigenvalue weighted by Gasteiger charge is -2.22. The lowest BCUT2D eigenvalue weighted by atomic mass is 9.96. The number of hydrogen-bond donors (Lipinski definition) is 1. The molecule has 4 rings (SSSR count). The second kappa shape index (κ2) is 7.22. The molecule has 0 bridgehead atoms. The average molecular weight is 424 g/mol. The number of nitrogens with one attached hydrogen (secondary N) is 1. The van der Waals surface area contributed by atoms with Gasteiger partial charge in [-0.25, -0.2) is 0 Å². The summed E-state index contributed by atoms with van der Waals surface area (Å²) in [7, 11) is 0. The third-order valence-corrected chi connectivity index (χ3v) is 6.21. The Hall–Kier alpha value is -2.17. The topological polar surface area (TPSA) is 29.1 Å². The van der Waals surface area contributed by atoms with Gasteiger partial charge in [-0.3, -0.25) is 4.79 Å². The van der Waals surface area contributed by atoms with Crippen molar-refractivity contribution in [3.05, 3.63) is 87.2 Å². The third kappa shape index (κ3) is 3.53. The van der Waals surface area contributed by atoms with Crippen LogP contribution in [0.4, 0.5) is 0 Å². The molecule has 1 unspecified atom stereocenters. The normalized spacial score (nSPS) is 16.5. The van der Waals surface area contributed by atoms with Crippen LogP contribution in [-0.2, 0) is 0 Å². The lowest BCUT2D eigenvalue weighted by molar-refractivity contribution is 0.0946. The summed E-state index contributed by atoms with van der Waals surface area (Å²) in [5.41, 5.74) is 3.12. The number of carbonyl (C=O) groups is 1. The predicted octanol–water partition coefficient (Wildman–Crippen LogP) is 6.11. The molecule has 4 heteroatoms. The van der Waals surface area contributed by atoms with Crippen LogP contribution in [0.5, 0.6) is 0 Å². The van der Waals surface area contributed by atoms with Crippen molar-refractivity contribution in [3.8, 4) is 0 Å². The summed E-state index contributed by atoms with van der Waals surface area (Å²) in [6, 6.07) is 16.2. The van der Waals surface area contributed by atoms with E-state index in [0.717, 1.165) is 10.9 Å². The van der Waals surface area contributed by atoms with Crippen LogP contribution in [0.3, 0.4) is 0 Å². The molecule has 26 heavy (non-hydrogen) atoms. The zero-order valence-electron chi connectivity index (χ0n) is 14.3. The molecule has 1 N–H and O–H groups in total. The summed E-state index contributed by atoms with van der Waals surface area (Å²) in [4.78, 5) is 13.9. The summed E-state index contributed by atoms with van der Waals surface area (Å²) in [5.74, 6) is -0.0411. The molecule has 1 heterocycles. The SMILES string of the molecule is Cc1ccc2cc(C3=CC=CCC3NC(=O)c3ccc(Br)cc3)sc2c1. The number of carbonyl (C=O) groups excluding carboxylic acids is 1. The molecule has 2 aromatic carbocycles. The molecule has 1 aliphatic rings. The molecular weight excluding hydrogens is 406 g/mol. The fourth-order valence-electron chi connectivity index (χ4n) is 3.14. The van der Waals surface area contributed by atoms with E-state index < -0.39 is 0 Å². The van der Waals surface area contributed by atoms with Gasteiger partial charge in [0, 0.05) is 19.6 Å². The highest BCUT2D eigenvalue weighted by Gasteiger charge is 2.21. The zero-order chi connectivity index (χ0) is 18.1. The number of fused-ring (bicyclic) bond motifs is 1. The molecule has 0 saturated heterocycles. The zero-order valence-corrected chi connectivity index (χ0v) is 16.7. The van der Waals surface area contributed by atoms with Gasteiger partial charge in [0.05, 0.1) is 6.04 Å². The smallest absolute Gasteiger partial charge is 0.251 e. The fourth-order valence-corrected chi connectivity index (χ4v) is 4.65. The number of halogens is 1. The van der Waals surface area contributed by atoms with Crippen LogP contribution in [0.15, 0.2) is 71.2 Å². The highest BCUT2D eigenvalue weighted by atomic mass is 79.9. The van der Waals surface area contributed by atoms with E-state index in [1.807, 2.05) is 24.3 Å². The van der Waals surface area contributed by atoms with Gasteiger partial charge >= 0.3 is 0 Å². The number of aryl methyl sites for hydroxylation is 1. The van der Waals surface area contributed by atoms with Crippen LogP contribution in [0, 0.1) is 6.92 Å². The van der Waals surface area contributed by atoms with Gasteiger partial charge in [-0.05, 0) is 66.3 Å². The molecule has 0 spiro atoms. The maximum Gasteiger partial charge on any atom is 0.251 e. The average Bonchev–Trinajstić information content (AvgIpc) is 3.05. The van der Waals surface area contributed by atoms with E-state index in [4.69, 9.17) is 0 Å². The number of rotatable bonds is 3. The second-order valence-electron chi connectivity index (χ2n) is 6.47. The Bertz CT molecular complexity index is 1030. The van der Waals surface area contributed by atoms with Gasteiger partial charge in [-0.15, -0.1) is 11.3 Å². The monoisotopic (exact) mass is 423 g/mol. The Morgan fingerprint density at radius 2 is 1.96 bits per heavy atom. The van der Waals surface area contributed by atoms with Crippen molar-refractivity contribution >= 4 is 48.8 Å². The molecule has 130 valence electrons. The third-order valence-electron chi connectivity index (χ3n) is 4.53. The minimum absolute atomic E-state index is 0.00898. The number of allylic oxidation sites excluding steroid dienone is 2. The molecule has 0 saturated carbocycles. The van der Waals surface area contributed by atoms with Gasteiger partial charge in [0.15, 0.2) is 0 Å². The predicted molar refractivity (Wildman–Crippen MR) is 114 cm³/mol. The lowest BCUT2D eigenvalue weighted by Crippen LogP contribution is -2.35. The van der Waals surface area contributed by atoms with Crippen molar-refractivity contribution < 1.29 is 4.79 Å². The Labute approximate surface area is 165 Å². The van der Waals surface area contributed by atoms with Crippen LogP contribution >= 0.6 is 27.3 Å². The standard InChI is InChI=1S/C22H18BrNOS/c1-14-6-7-16-13-21(26-20(16)12-14)18-4-2-3-5-19(18)24-22(25)15-8-10-17(23)11-9-15/h2-4,6-13,19H,5H2,1H3,(H,24,25). The van der Waals surface area contributed by atoms with Crippen LogP contribution in [0.2, 0.25) is 0 Å². The van der Waals surface area contributed by atoms with Gasteiger partial charge in [0.2, 0.25) is 0 Å². The summed E-state index contributed by atoms with van der Waals surface area (Å²) >= 11 is 5.19. The molecule has 0 radical (unpaired) electrons. The maximum atomic E-state index is 12.6. The van der Waals surface area contributed by atoms with Crippen molar-refractivity contribution in [1.82, 2.24) is 5.32 Å². The molecular formula is C22H18BrNOS. The fraction of sp³-hybridized carbons (Fsp3) is 0.136. The van der Waals surface area contributed by atoms with E-state index in [1.165, 1.54) is 26.1 Å². The van der Waals surface area contributed by atoms with Crippen LogP contribution in [-0.4, -0.2) is 11.9 Å². The Balaban J connectivity index is 1.61. The van der Waals surface area contributed by atoms with Gasteiger partial charge in [-0.1, -0.05) is 46.3 Å². The summed E-state index contributed by atoms with van der Waals surface area (Å²) in [6.07, 6.45) is 7.11. The highest BCUT2D eigenvalue weighted by Crippen LogP contribution is 2.34. The first-order valence-corrected chi connectivity index (χ1v) is 10.1. The minimum Gasteiger partial charge on any atom is -0.345 e. The van der Waals surface area contributed by atoms with Gasteiger partial charge < -0.3 is 5.32 Å². The minimum atomic E-state index is -0.0411. The molecule has 1 aliphatic carbocycles. The van der Waals surface area contributed by atoms with Crippen LogP contribution in [0.1, 0.15) is 27.2 Å². The molecule has 0 aliphatic heterocycles. The molecule has 1 atom stereocenters. The van der Waals surface area contributed by atoms with E-state index in [9.17, 15) is 4.79 Å². The largest absolute Gasteiger partial charge is 0.345 e. The first kappa shape index (κ1) is 17.3. The second-order valence-corrected chi connectivity index (χ2v) is 8.47. The number of hydrogen-bond acceptors (Lipinski definition) is 2. The number of amides is 1. The van der Waals surface area contributed by atoms with E-state index in [2.05, 4.69) is 70.7 Å². The first-order valence-electron chi connectivity index (χ1n) is 8.54. The van der Waals surface area contributed by atoms with Crippen LogP contribution in [0.25, 0.3) is 15.7 Å². The van der Waals surface area contributed by atoms with Crippen molar-refractivity contribution in [2.75, 3.05) is 0 Å². The number of benzene rings is 2. The van der Waals surface area contributed by atoms with Crippen LogP contribution < -0.4 is 5.32 Å². The molecule has 2 nitrogen and oxygen atoms in total. The summed E-state index contributed by atoms with van der Waals surface area (Å²) in [6.45, 7) is 2.11. The van der Waals surface area contributed by atoms with E-state index >= 15 is 0 Å². The summed E-state index contributed by atoms with van der Waals surface area (Å²) < 4.78 is 2.25. The van der Waals surface area contributed by atoms with Crippen molar-refractivity contribution in [2.45, 2.75) is 19.4 Å². The molecule has 3 aromatic rings. The molecule has 1 aromatic heterocycles. The maximum absolute atomic E-state index is 12.6. The van der Waals surface area contributed by atoms with E-state index in [1.54, 1.807) is 11.3 Å². The van der Waals surface area contributed by atoms with Gasteiger partial charge in [-0.2, -0.15) is 0 Å². The summed E-state index contributed by atoms with van der Waals surface area (Å²) in [5, 5.41) is 4.45. The van der Waals surface area contributed by atoms with E-state index in [-0.39, 0.29) is 11.9 Å². The van der Waals surface area contributed by atoms with Crippen molar-refractivity contribution in [1.29, 1.82) is 0 Å². The van der Waals surface area contributed by atoms with Gasteiger partial charge in [0.25, 0.3) is 5.91 Å². The Morgan fingerprint density at radius 3 is 2.77 bits per heavy atom. The quantitative estimate of drug-likeness (QED) is 0.540.